The molecule has 1 saturated carbocycles. The van der Waals surface area contributed by atoms with Gasteiger partial charge in [0, 0.05) is 24.8 Å². The second-order valence-corrected chi connectivity index (χ2v) is 5.40. The molecule has 0 saturated heterocycles. The first-order chi connectivity index (χ1) is 10.2. The molecule has 0 unspecified atom stereocenters. The summed E-state index contributed by atoms with van der Waals surface area (Å²) in [6.07, 6.45) is 5.88. The van der Waals surface area contributed by atoms with Crippen LogP contribution in [0.25, 0.3) is 0 Å². The maximum Gasteiger partial charge on any atom is 0.321 e. The molecule has 1 fully saturated rings. The van der Waals surface area contributed by atoms with Gasteiger partial charge in [-0.05, 0) is 25.0 Å². The largest absolute Gasteiger partial charge is 0.493 e. The zero-order valence-electron chi connectivity index (χ0n) is 13.0. The normalized spacial score (nSPS) is 15.4. The molecule has 5 heteroatoms. The first-order valence-electron chi connectivity index (χ1n) is 7.41. The number of urea groups is 1. The van der Waals surface area contributed by atoms with Crippen LogP contribution >= 0.6 is 0 Å². The lowest BCUT2D eigenvalue weighted by Gasteiger charge is -2.31. The Balaban J connectivity index is 2.01. The van der Waals surface area contributed by atoms with Crippen molar-refractivity contribution in [3.63, 3.8) is 0 Å². The maximum absolute atomic E-state index is 12.3. The summed E-state index contributed by atoms with van der Waals surface area (Å²) in [6, 6.07) is 5.64. The van der Waals surface area contributed by atoms with E-state index >= 15 is 0 Å². The predicted octanol–water partition coefficient (Wildman–Crippen LogP) is 3.50. The van der Waals surface area contributed by atoms with Crippen LogP contribution < -0.4 is 14.8 Å². The quantitative estimate of drug-likeness (QED) is 0.924. The van der Waals surface area contributed by atoms with Gasteiger partial charge in [-0.1, -0.05) is 19.3 Å². The Bertz CT molecular complexity index is 484. The third kappa shape index (κ3) is 3.80. The van der Waals surface area contributed by atoms with Crippen LogP contribution in [0.4, 0.5) is 10.5 Å². The van der Waals surface area contributed by atoms with E-state index in [2.05, 4.69) is 5.32 Å². The molecule has 1 aliphatic carbocycles. The molecule has 1 N–H and O–H groups in total. The standard InChI is InChI=1S/C16H24N2O3/c1-18(13-7-5-4-6-8-13)16(19)17-12-9-10-14(20-2)15(11-12)21-3/h9-11,13H,4-8H2,1-3H3,(H,17,19). The number of carbonyl (C=O) groups is 1. The lowest BCUT2D eigenvalue weighted by atomic mass is 9.95. The summed E-state index contributed by atoms with van der Waals surface area (Å²) >= 11 is 0. The predicted molar refractivity (Wildman–Crippen MR) is 83.2 cm³/mol. The lowest BCUT2D eigenvalue weighted by molar-refractivity contribution is 0.186. The van der Waals surface area contributed by atoms with Crippen molar-refractivity contribution in [1.29, 1.82) is 0 Å². The Morgan fingerprint density at radius 2 is 1.81 bits per heavy atom. The first kappa shape index (κ1) is 15.5. The number of ether oxygens (including phenoxy) is 2. The average Bonchev–Trinajstić information content (AvgIpc) is 2.54. The molecule has 0 aromatic heterocycles. The highest BCUT2D eigenvalue weighted by Gasteiger charge is 2.22. The number of anilines is 1. The van der Waals surface area contributed by atoms with Crippen molar-refractivity contribution in [2.24, 2.45) is 0 Å². The highest BCUT2D eigenvalue weighted by Crippen LogP contribution is 2.30. The fraction of sp³-hybridized carbons (Fsp3) is 0.562. The number of benzene rings is 1. The summed E-state index contributed by atoms with van der Waals surface area (Å²) in [5, 5.41) is 2.92. The Morgan fingerprint density at radius 3 is 2.43 bits per heavy atom. The minimum atomic E-state index is -0.0749. The molecular weight excluding hydrogens is 268 g/mol. The van der Waals surface area contributed by atoms with E-state index in [4.69, 9.17) is 9.47 Å². The van der Waals surface area contributed by atoms with E-state index in [1.165, 1.54) is 19.3 Å². The van der Waals surface area contributed by atoms with Crippen LogP contribution in [0.5, 0.6) is 11.5 Å². The molecule has 1 aliphatic rings. The number of rotatable bonds is 4. The smallest absolute Gasteiger partial charge is 0.321 e. The van der Waals surface area contributed by atoms with E-state index in [0.717, 1.165) is 12.8 Å². The third-order valence-electron chi connectivity index (χ3n) is 4.08. The van der Waals surface area contributed by atoms with Crippen LogP contribution in [-0.2, 0) is 0 Å². The van der Waals surface area contributed by atoms with Gasteiger partial charge in [0.2, 0.25) is 0 Å². The summed E-state index contributed by atoms with van der Waals surface area (Å²) in [6.45, 7) is 0. The third-order valence-corrected chi connectivity index (χ3v) is 4.08. The van der Waals surface area contributed by atoms with Crippen LogP contribution in [0.1, 0.15) is 32.1 Å². The summed E-state index contributed by atoms with van der Waals surface area (Å²) in [5.41, 5.74) is 0.709. The number of nitrogens with one attached hydrogen (secondary N) is 1. The fourth-order valence-corrected chi connectivity index (χ4v) is 2.76. The number of carbonyl (C=O) groups excluding carboxylic acids is 1. The molecule has 2 rings (SSSR count). The van der Waals surface area contributed by atoms with Crippen molar-refractivity contribution in [3.8, 4) is 11.5 Å². The van der Waals surface area contributed by atoms with Crippen molar-refractivity contribution >= 4 is 11.7 Å². The number of methoxy groups -OCH3 is 2. The monoisotopic (exact) mass is 292 g/mol. The Hall–Kier alpha value is -1.91. The van der Waals surface area contributed by atoms with E-state index in [0.29, 0.717) is 23.2 Å². The molecule has 0 bridgehead atoms. The first-order valence-corrected chi connectivity index (χ1v) is 7.41. The molecule has 0 spiro atoms. The van der Waals surface area contributed by atoms with E-state index < -0.39 is 0 Å². The van der Waals surface area contributed by atoms with Crippen LogP contribution in [0.2, 0.25) is 0 Å². The van der Waals surface area contributed by atoms with Gasteiger partial charge in [-0.15, -0.1) is 0 Å². The second kappa shape index (κ2) is 7.20. The van der Waals surface area contributed by atoms with E-state index in [9.17, 15) is 4.79 Å². The fourth-order valence-electron chi connectivity index (χ4n) is 2.76. The van der Waals surface area contributed by atoms with E-state index in [-0.39, 0.29) is 6.03 Å². The SMILES string of the molecule is COc1ccc(NC(=O)N(C)C2CCCCC2)cc1OC. The van der Waals surface area contributed by atoms with E-state index in [1.807, 2.05) is 18.0 Å². The Kier molecular flexibility index (Phi) is 5.31. The van der Waals surface area contributed by atoms with Crippen LogP contribution in [0.15, 0.2) is 18.2 Å². The maximum atomic E-state index is 12.3. The summed E-state index contributed by atoms with van der Waals surface area (Å²) < 4.78 is 10.4. The van der Waals surface area contributed by atoms with Gasteiger partial charge in [0.25, 0.3) is 0 Å². The topological polar surface area (TPSA) is 50.8 Å². The molecule has 1 aromatic rings. The molecular formula is C16H24N2O3. The number of nitrogens with zero attached hydrogens (tertiary/aromatic N) is 1. The summed E-state index contributed by atoms with van der Waals surface area (Å²) in [4.78, 5) is 14.1. The van der Waals surface area contributed by atoms with Crippen molar-refractivity contribution in [2.75, 3.05) is 26.6 Å². The van der Waals surface area contributed by atoms with Gasteiger partial charge in [0.1, 0.15) is 0 Å². The van der Waals surface area contributed by atoms with Gasteiger partial charge < -0.3 is 19.7 Å². The minimum Gasteiger partial charge on any atom is -0.493 e. The summed E-state index contributed by atoms with van der Waals surface area (Å²) in [5.74, 6) is 1.26. The lowest BCUT2D eigenvalue weighted by Crippen LogP contribution is -2.40. The van der Waals surface area contributed by atoms with Crippen LogP contribution in [-0.4, -0.2) is 38.2 Å². The molecule has 0 heterocycles. The Morgan fingerprint density at radius 1 is 1.14 bits per heavy atom. The zero-order chi connectivity index (χ0) is 15.2. The zero-order valence-corrected chi connectivity index (χ0v) is 13.0. The average molecular weight is 292 g/mol. The van der Waals surface area contributed by atoms with Crippen molar-refractivity contribution in [3.05, 3.63) is 18.2 Å². The van der Waals surface area contributed by atoms with Crippen molar-refractivity contribution in [1.82, 2.24) is 4.90 Å². The van der Waals surface area contributed by atoms with Gasteiger partial charge in [-0.2, -0.15) is 0 Å². The molecule has 2 amide bonds. The van der Waals surface area contributed by atoms with Gasteiger partial charge in [-0.25, -0.2) is 4.79 Å². The number of hydrogen-bond donors (Lipinski definition) is 1. The van der Waals surface area contributed by atoms with Gasteiger partial charge in [-0.3, -0.25) is 0 Å². The van der Waals surface area contributed by atoms with Gasteiger partial charge >= 0.3 is 6.03 Å². The second-order valence-electron chi connectivity index (χ2n) is 5.40. The highest BCUT2D eigenvalue weighted by molar-refractivity contribution is 5.89. The van der Waals surface area contributed by atoms with Gasteiger partial charge in [0.15, 0.2) is 11.5 Å². The molecule has 1 aromatic carbocycles. The number of amides is 2. The molecule has 0 aliphatic heterocycles. The van der Waals surface area contributed by atoms with Crippen LogP contribution in [0, 0.1) is 0 Å². The molecule has 5 nitrogen and oxygen atoms in total. The molecule has 0 atom stereocenters. The van der Waals surface area contributed by atoms with Crippen LogP contribution in [0.3, 0.4) is 0 Å². The van der Waals surface area contributed by atoms with Gasteiger partial charge in [0.05, 0.1) is 14.2 Å². The molecule has 0 radical (unpaired) electrons. The number of hydrogen-bond acceptors (Lipinski definition) is 3. The van der Waals surface area contributed by atoms with Crippen molar-refractivity contribution in [2.45, 2.75) is 38.1 Å². The molecule has 21 heavy (non-hydrogen) atoms. The minimum absolute atomic E-state index is 0.0749. The van der Waals surface area contributed by atoms with Crippen molar-refractivity contribution < 1.29 is 14.3 Å². The summed E-state index contributed by atoms with van der Waals surface area (Å²) in [7, 11) is 5.04. The van der Waals surface area contributed by atoms with E-state index in [1.54, 1.807) is 26.4 Å². The molecule has 116 valence electrons. The Labute approximate surface area is 126 Å². The highest BCUT2D eigenvalue weighted by atomic mass is 16.5.